The maximum absolute atomic E-state index is 3.05. The molecule has 0 saturated carbocycles. The van der Waals surface area contributed by atoms with Crippen LogP contribution in [0.4, 0.5) is 0 Å². The Morgan fingerprint density at radius 3 is 3.00 bits per heavy atom. The molecule has 0 saturated heterocycles. The number of rotatable bonds is 0. The van der Waals surface area contributed by atoms with Crippen LogP contribution in [0.3, 0.4) is 0 Å². The summed E-state index contributed by atoms with van der Waals surface area (Å²) in [5.74, 6) is 6.08. The second-order valence-corrected chi connectivity index (χ2v) is 2.84. The second-order valence-electron chi connectivity index (χ2n) is 1.94. The van der Waals surface area contributed by atoms with Gasteiger partial charge in [-0.2, -0.15) is 0 Å². The molecule has 0 aliphatic heterocycles. The molecule has 1 heteroatoms. The first-order chi connectivity index (χ1) is 4.47. The van der Waals surface area contributed by atoms with Crippen molar-refractivity contribution in [3.05, 3.63) is 21.9 Å². The Morgan fingerprint density at radius 2 is 2.11 bits per heavy atom. The van der Waals surface area contributed by atoms with Crippen LogP contribution < -0.4 is 0 Å². The highest BCUT2D eigenvalue weighted by Gasteiger charge is 2.02. The summed E-state index contributed by atoms with van der Waals surface area (Å²) in [5.41, 5.74) is 1.26. The van der Waals surface area contributed by atoms with Gasteiger partial charge < -0.3 is 0 Å². The van der Waals surface area contributed by atoms with E-state index in [-0.39, 0.29) is 0 Å². The van der Waals surface area contributed by atoms with E-state index >= 15 is 0 Å². The fraction of sp³-hybridized carbons (Fsp3) is 0.250. The van der Waals surface area contributed by atoms with E-state index in [0.717, 1.165) is 12.8 Å². The van der Waals surface area contributed by atoms with Crippen molar-refractivity contribution in [3.63, 3.8) is 0 Å². The summed E-state index contributed by atoms with van der Waals surface area (Å²) in [6.07, 6.45) is 1.80. The lowest BCUT2D eigenvalue weighted by atomic mass is 10.1. The molecule has 0 unspecified atom stereocenters. The Hall–Kier alpha value is -0.920. The summed E-state index contributed by atoms with van der Waals surface area (Å²) in [5, 5.41) is 2.98. The van der Waals surface area contributed by atoms with Gasteiger partial charge in [-0.05, 0) is 5.38 Å². The zero-order valence-corrected chi connectivity index (χ0v) is 5.64. The summed E-state index contributed by atoms with van der Waals surface area (Å²) in [7, 11) is 0. The van der Waals surface area contributed by atoms with Crippen molar-refractivity contribution < 1.29 is 0 Å². The Morgan fingerprint density at radius 1 is 1.22 bits per heavy atom. The van der Waals surface area contributed by atoms with Gasteiger partial charge in [0, 0.05) is 23.3 Å². The lowest BCUT2D eigenvalue weighted by molar-refractivity contribution is 1.21. The molecule has 0 radical (unpaired) electrons. The molecule has 0 nitrogen and oxygen atoms in total. The van der Waals surface area contributed by atoms with Gasteiger partial charge in [-0.3, -0.25) is 0 Å². The molecule has 0 amide bonds. The fourth-order valence-electron chi connectivity index (χ4n) is 0.859. The average molecular weight is 132 g/mol. The molecule has 1 aliphatic rings. The third-order valence-electron chi connectivity index (χ3n) is 1.35. The largest absolute Gasteiger partial charge is 0.0974 e. The van der Waals surface area contributed by atoms with Crippen molar-refractivity contribution in [2.75, 3.05) is 0 Å². The lowest BCUT2D eigenvalue weighted by Gasteiger charge is -1.96. The van der Waals surface area contributed by atoms with Gasteiger partial charge in [-0.15, -0.1) is 0 Å². The minimum atomic E-state index is 0.884. The van der Waals surface area contributed by atoms with Gasteiger partial charge in [0.15, 0.2) is 0 Å². The smallest absolute Gasteiger partial charge is 0.0451 e. The molecule has 1 heterocycles. The highest BCUT2D eigenvalue weighted by molar-refractivity contribution is 7.09. The van der Waals surface area contributed by atoms with Crippen LogP contribution in [0.2, 0.25) is 0 Å². The van der Waals surface area contributed by atoms with E-state index in [4.69, 9.17) is 0 Å². The highest BCUT2D eigenvalue weighted by atomic mass is 32.1. The van der Waals surface area contributed by atoms with Crippen LogP contribution in [0.1, 0.15) is 10.4 Å². The van der Waals surface area contributed by atoms with E-state index in [9.17, 15) is 0 Å². The van der Waals surface area contributed by atoms with Crippen molar-refractivity contribution in [3.8, 4) is 11.8 Å². The molecule has 0 atom stereocenters. The van der Waals surface area contributed by atoms with Crippen LogP contribution in [0.15, 0.2) is 0 Å². The van der Waals surface area contributed by atoms with Crippen molar-refractivity contribution in [2.24, 2.45) is 0 Å². The van der Waals surface area contributed by atoms with E-state index in [1.807, 2.05) is 0 Å². The normalized spacial score (nSPS) is 12.9. The van der Waals surface area contributed by atoms with Crippen LogP contribution in [-0.2, 0) is 12.8 Å². The van der Waals surface area contributed by atoms with E-state index in [0.29, 0.717) is 0 Å². The molecular formula is C8H4S. The second kappa shape index (κ2) is 1.79. The topological polar surface area (TPSA) is 0 Å². The summed E-state index contributed by atoms with van der Waals surface area (Å²) in [6, 6.07) is 3.05. The van der Waals surface area contributed by atoms with Crippen molar-refractivity contribution in [1.82, 2.24) is 0 Å². The van der Waals surface area contributed by atoms with Crippen LogP contribution in [0.25, 0.3) is 0 Å². The van der Waals surface area contributed by atoms with Gasteiger partial charge in [-0.25, -0.2) is 0 Å². The lowest BCUT2D eigenvalue weighted by Crippen LogP contribution is -1.90. The molecule has 0 N–H and O–H groups in total. The predicted molar refractivity (Wildman–Crippen MR) is 37.2 cm³/mol. The van der Waals surface area contributed by atoms with E-state index in [2.05, 4.69) is 23.3 Å². The van der Waals surface area contributed by atoms with Crippen molar-refractivity contribution in [2.45, 2.75) is 12.8 Å². The van der Waals surface area contributed by atoms with Crippen molar-refractivity contribution in [1.29, 1.82) is 0 Å². The molecule has 1 aromatic rings. The fourth-order valence-corrected chi connectivity index (χ4v) is 1.55. The molecule has 1 aliphatic carbocycles. The summed E-state index contributed by atoms with van der Waals surface area (Å²) < 4.78 is 0. The summed E-state index contributed by atoms with van der Waals surface area (Å²) in [6.45, 7) is 0. The monoisotopic (exact) mass is 132 g/mol. The van der Waals surface area contributed by atoms with Crippen LogP contribution in [0.5, 0.6) is 0 Å². The van der Waals surface area contributed by atoms with E-state index in [1.165, 1.54) is 10.4 Å². The molecule has 42 valence electrons. The van der Waals surface area contributed by atoms with Gasteiger partial charge in [0.05, 0.1) is 0 Å². The third-order valence-corrected chi connectivity index (χ3v) is 2.19. The number of hydrogen-bond acceptors (Lipinski definition) is 1. The van der Waals surface area contributed by atoms with Gasteiger partial charge >= 0.3 is 0 Å². The van der Waals surface area contributed by atoms with Crippen LogP contribution in [0, 0.1) is 23.3 Å². The third kappa shape index (κ3) is 0.707. The summed E-state index contributed by atoms with van der Waals surface area (Å²) in [4.78, 5) is 1.36. The highest BCUT2D eigenvalue weighted by Crippen LogP contribution is 2.14. The van der Waals surface area contributed by atoms with Crippen LogP contribution in [-0.4, -0.2) is 0 Å². The summed E-state index contributed by atoms with van der Waals surface area (Å²) >= 11 is 1.64. The van der Waals surface area contributed by atoms with Gasteiger partial charge in [0.2, 0.25) is 0 Å². The number of fused-ring (bicyclic) bond motifs is 1. The number of hydrogen-bond donors (Lipinski definition) is 0. The van der Waals surface area contributed by atoms with Gasteiger partial charge in [-0.1, -0.05) is 29.2 Å². The first kappa shape index (κ1) is 4.91. The Balaban J connectivity index is 2.51. The Bertz CT molecular complexity index is 248. The Labute approximate surface area is 58.5 Å². The standard InChI is InChI=1S/C8H4S/c1-2-4-8-7(3-1)5-6-9-8/h3-4H2. The zero-order valence-electron chi connectivity index (χ0n) is 4.82. The quantitative estimate of drug-likeness (QED) is 0.469. The first-order valence-corrected chi connectivity index (χ1v) is 3.64. The molecule has 0 bridgehead atoms. The zero-order chi connectivity index (χ0) is 6.10. The maximum atomic E-state index is 3.05. The van der Waals surface area contributed by atoms with Gasteiger partial charge in [0.25, 0.3) is 0 Å². The Kier molecular flexibility index (Phi) is 0.979. The SMILES string of the molecule is C1#CCc2sc#cc2C1. The molecule has 0 fully saturated rings. The molecular weight excluding hydrogens is 128 g/mol. The average Bonchev–Trinajstić information content (AvgIpc) is 2.33. The first-order valence-electron chi connectivity index (χ1n) is 2.82. The van der Waals surface area contributed by atoms with E-state index in [1.54, 1.807) is 11.3 Å². The predicted octanol–water partition coefficient (Wildman–Crippen LogP) is 1.45. The minimum absolute atomic E-state index is 0.884. The molecule has 1 aromatic heterocycles. The van der Waals surface area contributed by atoms with E-state index < -0.39 is 0 Å². The maximum Gasteiger partial charge on any atom is 0.0451 e. The minimum Gasteiger partial charge on any atom is -0.0974 e. The molecule has 0 aromatic carbocycles. The molecule has 0 spiro atoms. The molecule has 9 heavy (non-hydrogen) atoms. The van der Waals surface area contributed by atoms with Crippen LogP contribution >= 0.6 is 11.3 Å². The van der Waals surface area contributed by atoms with Crippen molar-refractivity contribution >= 4 is 11.3 Å². The molecule has 2 rings (SSSR count). The van der Waals surface area contributed by atoms with Gasteiger partial charge in [0.1, 0.15) is 0 Å².